The van der Waals surface area contributed by atoms with E-state index in [9.17, 15) is 0 Å². The van der Waals surface area contributed by atoms with Gasteiger partial charge in [-0.3, -0.25) is 4.98 Å². The molecular weight excluding hydrogens is 184 g/mol. The lowest BCUT2D eigenvalue weighted by molar-refractivity contribution is 0.307. The molecule has 0 aromatic carbocycles. The molecule has 2 aliphatic rings. The van der Waals surface area contributed by atoms with Gasteiger partial charge in [0, 0.05) is 25.0 Å². The Hall–Kier alpha value is -1.41. The molecule has 0 amide bonds. The highest BCUT2D eigenvalue weighted by molar-refractivity contribution is 5.74. The highest BCUT2D eigenvalue weighted by Gasteiger charge is 2.37. The summed E-state index contributed by atoms with van der Waals surface area (Å²) >= 11 is 0. The van der Waals surface area contributed by atoms with Crippen LogP contribution < -0.4 is 5.32 Å². The second kappa shape index (κ2) is 3.31. The number of aromatic nitrogens is 1. The minimum absolute atomic E-state index is 0.576. The van der Waals surface area contributed by atoms with Gasteiger partial charge in [0.1, 0.15) is 0 Å². The zero-order valence-electron chi connectivity index (χ0n) is 8.61. The smallest absolute Gasteiger partial charge is 0.0367 e. The van der Waals surface area contributed by atoms with Crippen LogP contribution in [0.1, 0.15) is 17.5 Å². The molecule has 1 N–H and O–H groups in total. The van der Waals surface area contributed by atoms with Crippen LogP contribution in [0.5, 0.6) is 0 Å². The summed E-state index contributed by atoms with van der Waals surface area (Å²) in [5.74, 6) is 0.826. The standard InChI is InChI=1S/C13H14N2/c1-2-9-5-11(7-14-6-9)12-4-3-10-8-15-13(10)12/h2,4-7,10,13,15H,1,3,8H2/t10-,13+/m0/s1. The maximum absolute atomic E-state index is 4.24. The number of nitrogens with zero attached hydrogens (tertiary/aromatic N) is 1. The van der Waals surface area contributed by atoms with Crippen LogP contribution in [0.2, 0.25) is 0 Å². The van der Waals surface area contributed by atoms with E-state index in [-0.39, 0.29) is 0 Å². The lowest BCUT2D eigenvalue weighted by Crippen LogP contribution is -2.50. The molecule has 1 saturated heterocycles. The fourth-order valence-electron chi connectivity index (χ4n) is 2.42. The van der Waals surface area contributed by atoms with Gasteiger partial charge >= 0.3 is 0 Å². The predicted octanol–water partition coefficient (Wildman–Crippen LogP) is 2.10. The van der Waals surface area contributed by atoms with Gasteiger partial charge in [-0.15, -0.1) is 0 Å². The number of rotatable bonds is 2. The van der Waals surface area contributed by atoms with Gasteiger partial charge in [-0.05, 0) is 35.1 Å². The van der Waals surface area contributed by atoms with Crippen LogP contribution >= 0.6 is 0 Å². The van der Waals surface area contributed by atoms with Crippen molar-refractivity contribution in [3.05, 3.63) is 42.2 Å². The molecule has 1 aromatic heterocycles. The SMILES string of the molecule is C=Cc1cncc(C2=CC[C@H]3CN[C@@H]23)c1. The molecule has 2 atom stereocenters. The summed E-state index contributed by atoms with van der Waals surface area (Å²) in [6.45, 7) is 4.94. The normalized spacial score (nSPS) is 27.9. The molecule has 0 radical (unpaired) electrons. The van der Waals surface area contributed by atoms with Gasteiger partial charge < -0.3 is 5.32 Å². The molecule has 0 saturated carbocycles. The molecule has 0 unspecified atom stereocenters. The van der Waals surface area contributed by atoms with E-state index in [1.165, 1.54) is 24.1 Å². The van der Waals surface area contributed by atoms with E-state index in [1.54, 1.807) is 0 Å². The monoisotopic (exact) mass is 198 g/mol. The maximum atomic E-state index is 4.24. The molecule has 0 bridgehead atoms. The number of allylic oxidation sites excluding steroid dienone is 1. The minimum Gasteiger partial charge on any atom is -0.309 e. The second-order valence-electron chi connectivity index (χ2n) is 4.25. The van der Waals surface area contributed by atoms with Crippen molar-refractivity contribution in [1.29, 1.82) is 0 Å². The van der Waals surface area contributed by atoms with Crippen LogP contribution in [0.4, 0.5) is 0 Å². The summed E-state index contributed by atoms with van der Waals surface area (Å²) < 4.78 is 0. The van der Waals surface area contributed by atoms with Crippen molar-refractivity contribution in [2.24, 2.45) is 5.92 Å². The van der Waals surface area contributed by atoms with Crippen LogP contribution in [0.25, 0.3) is 11.6 Å². The molecule has 0 spiro atoms. The second-order valence-corrected chi connectivity index (χ2v) is 4.25. The van der Waals surface area contributed by atoms with Crippen molar-refractivity contribution in [1.82, 2.24) is 10.3 Å². The Morgan fingerprint density at radius 3 is 3.07 bits per heavy atom. The Morgan fingerprint density at radius 1 is 1.47 bits per heavy atom. The van der Waals surface area contributed by atoms with Gasteiger partial charge in [0.05, 0.1) is 0 Å². The van der Waals surface area contributed by atoms with E-state index in [1.807, 2.05) is 18.5 Å². The summed E-state index contributed by atoms with van der Waals surface area (Å²) in [6, 6.07) is 2.74. The van der Waals surface area contributed by atoms with Gasteiger partial charge in [-0.25, -0.2) is 0 Å². The largest absolute Gasteiger partial charge is 0.309 e. The highest BCUT2D eigenvalue weighted by atomic mass is 15.0. The fourth-order valence-corrected chi connectivity index (χ4v) is 2.42. The Morgan fingerprint density at radius 2 is 2.40 bits per heavy atom. The van der Waals surface area contributed by atoms with Crippen LogP contribution in [0, 0.1) is 5.92 Å². The van der Waals surface area contributed by atoms with E-state index < -0.39 is 0 Å². The molecule has 1 aliphatic carbocycles. The molecule has 1 aromatic rings. The zero-order valence-corrected chi connectivity index (χ0v) is 8.61. The van der Waals surface area contributed by atoms with Crippen molar-refractivity contribution < 1.29 is 0 Å². The van der Waals surface area contributed by atoms with Gasteiger partial charge in [0.25, 0.3) is 0 Å². The number of pyridine rings is 1. The molecule has 1 aliphatic heterocycles. The molecule has 2 nitrogen and oxygen atoms in total. The summed E-state index contributed by atoms with van der Waals surface area (Å²) in [7, 11) is 0. The lowest BCUT2D eigenvalue weighted by Gasteiger charge is -2.34. The van der Waals surface area contributed by atoms with E-state index in [2.05, 4.69) is 29.0 Å². The van der Waals surface area contributed by atoms with E-state index >= 15 is 0 Å². The van der Waals surface area contributed by atoms with Crippen molar-refractivity contribution in [3.63, 3.8) is 0 Å². The third-order valence-electron chi connectivity index (χ3n) is 3.38. The first-order valence-corrected chi connectivity index (χ1v) is 5.40. The Balaban J connectivity index is 1.95. The molecule has 3 rings (SSSR count). The maximum Gasteiger partial charge on any atom is 0.0367 e. The average molecular weight is 198 g/mol. The summed E-state index contributed by atoms with van der Waals surface area (Å²) in [4.78, 5) is 4.24. The van der Waals surface area contributed by atoms with Gasteiger partial charge in [0.15, 0.2) is 0 Å². The molecular formula is C13H14N2. The highest BCUT2D eigenvalue weighted by Crippen LogP contribution is 2.37. The topological polar surface area (TPSA) is 24.9 Å². The summed E-state index contributed by atoms with van der Waals surface area (Å²) in [5, 5.41) is 3.47. The van der Waals surface area contributed by atoms with E-state index in [0.717, 1.165) is 11.5 Å². The van der Waals surface area contributed by atoms with Crippen molar-refractivity contribution >= 4 is 11.6 Å². The van der Waals surface area contributed by atoms with Gasteiger partial charge in [-0.1, -0.05) is 18.7 Å². The van der Waals surface area contributed by atoms with Crippen LogP contribution in [0.3, 0.4) is 0 Å². The third-order valence-corrected chi connectivity index (χ3v) is 3.38. The Labute approximate surface area is 89.7 Å². The van der Waals surface area contributed by atoms with Gasteiger partial charge in [-0.2, -0.15) is 0 Å². The molecule has 2 heterocycles. The van der Waals surface area contributed by atoms with Crippen LogP contribution in [-0.4, -0.2) is 17.6 Å². The molecule has 2 heteroatoms. The predicted molar refractivity (Wildman–Crippen MR) is 62.2 cm³/mol. The van der Waals surface area contributed by atoms with Gasteiger partial charge in [0.2, 0.25) is 0 Å². The molecule has 1 fully saturated rings. The van der Waals surface area contributed by atoms with Crippen LogP contribution in [-0.2, 0) is 0 Å². The Kier molecular flexibility index (Phi) is 1.96. The van der Waals surface area contributed by atoms with E-state index in [0.29, 0.717) is 6.04 Å². The Bertz CT molecular complexity index is 434. The van der Waals surface area contributed by atoms with Crippen LogP contribution in [0.15, 0.2) is 31.1 Å². The van der Waals surface area contributed by atoms with Crippen molar-refractivity contribution in [2.75, 3.05) is 6.54 Å². The zero-order chi connectivity index (χ0) is 10.3. The van der Waals surface area contributed by atoms with Crippen molar-refractivity contribution in [2.45, 2.75) is 12.5 Å². The molecule has 15 heavy (non-hydrogen) atoms. The fraction of sp³-hybridized carbons (Fsp3) is 0.308. The quantitative estimate of drug-likeness (QED) is 0.787. The summed E-state index contributed by atoms with van der Waals surface area (Å²) in [5.41, 5.74) is 3.76. The number of nitrogens with one attached hydrogen (secondary N) is 1. The first-order chi connectivity index (χ1) is 7.38. The first kappa shape index (κ1) is 8.86. The third kappa shape index (κ3) is 1.33. The van der Waals surface area contributed by atoms with Crippen molar-refractivity contribution in [3.8, 4) is 0 Å². The molecule has 76 valence electrons. The summed E-state index contributed by atoms with van der Waals surface area (Å²) in [6.07, 6.45) is 9.20. The lowest BCUT2D eigenvalue weighted by atomic mass is 9.88. The number of hydrogen-bond acceptors (Lipinski definition) is 2. The van der Waals surface area contributed by atoms with E-state index in [4.69, 9.17) is 0 Å². The average Bonchev–Trinajstić information content (AvgIpc) is 2.54. The number of fused-ring (bicyclic) bond motifs is 1. The first-order valence-electron chi connectivity index (χ1n) is 5.40. The number of hydrogen-bond donors (Lipinski definition) is 1. The minimum atomic E-state index is 0.576.